The van der Waals surface area contributed by atoms with Crippen molar-refractivity contribution in [3.63, 3.8) is 0 Å². The summed E-state index contributed by atoms with van der Waals surface area (Å²) in [7, 11) is 1.77. The van der Waals surface area contributed by atoms with Gasteiger partial charge in [0, 0.05) is 20.3 Å². The van der Waals surface area contributed by atoms with Crippen LogP contribution in [0.5, 0.6) is 0 Å². The monoisotopic (exact) mass is 692 g/mol. The maximum Gasteiger partial charge on any atom is 0.0575 e. The first-order valence-electron chi connectivity index (χ1n) is 22.7. The molecule has 3 nitrogen and oxygen atoms in total. The molecule has 1 rings (SSSR count). The van der Waals surface area contributed by atoms with Crippen LogP contribution in [0.3, 0.4) is 0 Å². The third kappa shape index (κ3) is 38.7. The lowest BCUT2D eigenvalue weighted by Crippen LogP contribution is -2.16. The van der Waals surface area contributed by atoms with Crippen molar-refractivity contribution >= 4 is 0 Å². The summed E-state index contributed by atoms with van der Waals surface area (Å²) >= 11 is 0. The summed E-state index contributed by atoms with van der Waals surface area (Å²) in [5, 5.41) is 3.67. The number of unbranched alkanes of at least 4 members (excludes halogenated alkanes) is 22. The number of methoxy groups -OCH3 is 1. The molecular weight excluding hydrogens is 599 g/mol. The molecule has 1 atom stereocenters. The predicted octanol–water partition coefficient (Wildman–Crippen LogP) is 15.1. The van der Waals surface area contributed by atoms with Crippen LogP contribution in [0.25, 0.3) is 0 Å². The van der Waals surface area contributed by atoms with Crippen LogP contribution < -0.4 is 5.32 Å². The molecule has 1 aliphatic rings. The summed E-state index contributed by atoms with van der Waals surface area (Å²) in [4.78, 5) is 0. The maximum absolute atomic E-state index is 6.42. The van der Waals surface area contributed by atoms with Gasteiger partial charge in [0.25, 0.3) is 0 Å². The fourth-order valence-electron chi connectivity index (χ4n) is 6.98. The number of hydrogen-bond acceptors (Lipinski definition) is 3. The molecule has 1 unspecified atom stereocenters. The first-order valence-corrected chi connectivity index (χ1v) is 22.7. The number of hydrogen-bond donors (Lipinski definition) is 1. The normalized spacial score (nSPS) is 13.4. The van der Waals surface area contributed by atoms with Gasteiger partial charge in [-0.05, 0) is 89.6 Å². The number of ether oxygens (including phenoxy) is 2. The average molecular weight is 692 g/mol. The fourth-order valence-corrected chi connectivity index (χ4v) is 6.98. The summed E-state index contributed by atoms with van der Waals surface area (Å²) in [6.07, 6.45) is 48.5. The Hall–Kier alpha value is -0.380. The van der Waals surface area contributed by atoms with Crippen LogP contribution in [0.4, 0.5) is 0 Å². The summed E-state index contributed by atoms with van der Waals surface area (Å²) in [6, 6.07) is 0. The third-order valence-corrected chi connectivity index (χ3v) is 10.6. The molecule has 1 N–H and O–H groups in total. The van der Waals surface area contributed by atoms with Crippen LogP contribution >= 0.6 is 0 Å². The van der Waals surface area contributed by atoms with Crippen LogP contribution in [0.2, 0.25) is 0 Å². The van der Waals surface area contributed by atoms with Crippen molar-refractivity contribution < 1.29 is 9.47 Å². The SMILES string of the molecule is CCCCCC(C)COC.CCCCCCCCC(CCCCCCCC)OCCCCCCCCNCCCCCCCC=C1CCC1. The van der Waals surface area contributed by atoms with E-state index in [4.69, 9.17) is 9.47 Å². The molecule has 3 heteroatoms. The van der Waals surface area contributed by atoms with Crippen molar-refractivity contribution in [1.82, 2.24) is 5.32 Å². The largest absolute Gasteiger partial charge is 0.384 e. The highest BCUT2D eigenvalue weighted by atomic mass is 16.5. The van der Waals surface area contributed by atoms with Crippen LogP contribution in [-0.2, 0) is 9.47 Å². The predicted molar refractivity (Wildman–Crippen MR) is 221 cm³/mol. The van der Waals surface area contributed by atoms with E-state index in [9.17, 15) is 0 Å². The van der Waals surface area contributed by atoms with Gasteiger partial charge in [-0.15, -0.1) is 0 Å². The Morgan fingerprint density at radius 3 is 1.51 bits per heavy atom. The van der Waals surface area contributed by atoms with E-state index in [1.807, 2.05) is 0 Å². The third-order valence-electron chi connectivity index (χ3n) is 10.6. The Kier molecular flexibility index (Phi) is 41.7. The molecule has 0 aromatic rings. The van der Waals surface area contributed by atoms with Crippen LogP contribution in [0.15, 0.2) is 11.6 Å². The minimum atomic E-state index is 0.531. The molecule has 0 saturated heterocycles. The molecule has 0 amide bonds. The quantitative estimate of drug-likeness (QED) is 0.0516. The minimum Gasteiger partial charge on any atom is -0.384 e. The Morgan fingerprint density at radius 1 is 0.551 bits per heavy atom. The van der Waals surface area contributed by atoms with Crippen molar-refractivity contribution in [3.8, 4) is 0 Å². The van der Waals surface area contributed by atoms with Gasteiger partial charge < -0.3 is 14.8 Å². The van der Waals surface area contributed by atoms with Gasteiger partial charge in [0.05, 0.1) is 6.10 Å². The lowest BCUT2D eigenvalue weighted by molar-refractivity contribution is 0.0357. The van der Waals surface area contributed by atoms with E-state index in [1.54, 1.807) is 12.7 Å². The summed E-state index contributed by atoms with van der Waals surface area (Å²) in [6.45, 7) is 13.5. The minimum absolute atomic E-state index is 0.531. The van der Waals surface area contributed by atoms with Gasteiger partial charge in [0.1, 0.15) is 0 Å². The van der Waals surface area contributed by atoms with Crippen molar-refractivity contribution in [2.45, 2.75) is 246 Å². The molecule has 294 valence electrons. The van der Waals surface area contributed by atoms with E-state index in [0.29, 0.717) is 6.10 Å². The Morgan fingerprint density at radius 2 is 1.00 bits per heavy atom. The summed E-state index contributed by atoms with van der Waals surface area (Å²) < 4.78 is 11.5. The van der Waals surface area contributed by atoms with Crippen molar-refractivity contribution in [2.24, 2.45) is 5.92 Å². The van der Waals surface area contributed by atoms with Crippen LogP contribution in [0, 0.1) is 5.92 Å². The van der Waals surface area contributed by atoms with Crippen LogP contribution in [-0.4, -0.2) is 39.5 Å². The van der Waals surface area contributed by atoms with E-state index >= 15 is 0 Å². The molecule has 0 aliphatic heterocycles. The van der Waals surface area contributed by atoms with E-state index in [2.05, 4.69) is 39.1 Å². The molecule has 0 aromatic heterocycles. The number of rotatable bonds is 38. The first kappa shape index (κ1) is 48.6. The highest BCUT2D eigenvalue weighted by molar-refractivity contribution is 5.08. The molecule has 0 aromatic carbocycles. The second kappa shape index (κ2) is 42.0. The molecule has 0 heterocycles. The molecule has 0 radical (unpaired) electrons. The lowest BCUT2D eigenvalue weighted by atomic mass is 9.91. The highest BCUT2D eigenvalue weighted by Crippen LogP contribution is 2.26. The zero-order valence-electron chi connectivity index (χ0n) is 34.7. The molecule has 1 saturated carbocycles. The zero-order valence-corrected chi connectivity index (χ0v) is 34.7. The Labute approximate surface area is 310 Å². The smallest absolute Gasteiger partial charge is 0.0575 e. The van der Waals surface area contributed by atoms with Gasteiger partial charge in [-0.1, -0.05) is 181 Å². The van der Waals surface area contributed by atoms with Gasteiger partial charge in [-0.25, -0.2) is 0 Å². The van der Waals surface area contributed by atoms with Gasteiger partial charge in [-0.3, -0.25) is 0 Å². The number of allylic oxidation sites excluding steroid dienone is 2. The maximum atomic E-state index is 6.42. The molecule has 1 fully saturated rings. The van der Waals surface area contributed by atoms with Crippen LogP contribution in [0.1, 0.15) is 240 Å². The molecule has 0 spiro atoms. The van der Waals surface area contributed by atoms with Gasteiger partial charge in [-0.2, -0.15) is 0 Å². The second-order valence-electron chi connectivity index (χ2n) is 15.8. The van der Waals surface area contributed by atoms with E-state index < -0.39 is 0 Å². The van der Waals surface area contributed by atoms with Gasteiger partial charge in [0.2, 0.25) is 0 Å². The van der Waals surface area contributed by atoms with Gasteiger partial charge in [0.15, 0.2) is 0 Å². The number of nitrogens with one attached hydrogen (secondary N) is 1. The van der Waals surface area contributed by atoms with Crippen molar-refractivity contribution in [3.05, 3.63) is 11.6 Å². The Bertz CT molecular complexity index is 613. The first-order chi connectivity index (χ1) is 24.2. The van der Waals surface area contributed by atoms with Crippen molar-refractivity contribution in [2.75, 3.05) is 33.4 Å². The van der Waals surface area contributed by atoms with Crippen molar-refractivity contribution in [1.29, 1.82) is 0 Å². The topological polar surface area (TPSA) is 30.5 Å². The molecule has 0 bridgehead atoms. The van der Waals surface area contributed by atoms with Gasteiger partial charge >= 0.3 is 0 Å². The highest BCUT2D eigenvalue weighted by Gasteiger charge is 2.09. The zero-order chi connectivity index (χ0) is 35.7. The van der Waals surface area contributed by atoms with E-state index in [-0.39, 0.29) is 0 Å². The summed E-state index contributed by atoms with van der Waals surface area (Å²) in [5.74, 6) is 0.747. The second-order valence-corrected chi connectivity index (χ2v) is 15.8. The molecule has 1 aliphatic carbocycles. The fraction of sp³-hybridized carbons (Fsp3) is 0.957. The lowest BCUT2D eigenvalue weighted by Gasteiger charge is -2.18. The molecule has 49 heavy (non-hydrogen) atoms. The standard InChI is InChI=1S/C37H73NO.C9H20O/c1-3-5-7-9-16-22-31-37(32-23-17-10-8-6-4-2)39-35-26-20-14-13-19-25-34-38-33-24-18-12-11-15-21-28-36-29-27-30-36;1-4-5-6-7-9(2)8-10-3/h28,37-38H,3-27,29-35H2,1-2H3;9H,4-8H2,1-3H3. The molecular formula is C46H93NO2. The van der Waals surface area contributed by atoms with E-state index in [1.165, 1.54) is 225 Å². The average Bonchev–Trinajstić information content (AvgIpc) is 3.08. The Balaban J connectivity index is 0.00000198. The van der Waals surface area contributed by atoms with E-state index in [0.717, 1.165) is 19.1 Å². The summed E-state index contributed by atoms with van der Waals surface area (Å²) in [5.41, 5.74) is 1.73.